The first-order valence-electron chi connectivity index (χ1n) is 5.64. The van der Waals surface area contributed by atoms with E-state index in [0.717, 1.165) is 0 Å². The lowest BCUT2D eigenvalue weighted by atomic mass is 10.1. The van der Waals surface area contributed by atoms with Crippen LogP contribution in [0.15, 0.2) is 15.5 Å². The van der Waals surface area contributed by atoms with Gasteiger partial charge in [-0.1, -0.05) is 10.3 Å². The Morgan fingerprint density at radius 2 is 2.05 bits per heavy atom. The molecule has 0 unspecified atom stereocenters. The molecular weight excluding hydrogens is 250 g/mol. The molecule has 100 valence electrons. The number of carbonyl (C=O) groups is 1. The van der Waals surface area contributed by atoms with Crippen LogP contribution in [0.4, 0.5) is 0 Å². The van der Waals surface area contributed by atoms with Crippen LogP contribution < -0.4 is 5.56 Å². The van der Waals surface area contributed by atoms with Crippen LogP contribution in [0.2, 0.25) is 0 Å². The Morgan fingerprint density at radius 1 is 1.37 bits per heavy atom. The van der Waals surface area contributed by atoms with Crippen molar-refractivity contribution in [2.45, 2.75) is 27.3 Å². The van der Waals surface area contributed by atoms with E-state index in [1.165, 1.54) is 4.57 Å². The van der Waals surface area contributed by atoms with Crippen LogP contribution in [0.25, 0.3) is 0 Å². The molecule has 2 rings (SSSR count). The van der Waals surface area contributed by atoms with Gasteiger partial charge in [0.25, 0.3) is 5.56 Å². The van der Waals surface area contributed by atoms with E-state index in [1.807, 2.05) is 0 Å². The lowest BCUT2D eigenvalue weighted by Crippen LogP contribution is -2.30. The van der Waals surface area contributed by atoms with E-state index in [2.05, 4.69) is 14.9 Å². The fourth-order valence-corrected chi connectivity index (χ4v) is 1.93. The number of carboxylic acids is 1. The predicted molar refractivity (Wildman–Crippen MR) is 65.3 cm³/mol. The van der Waals surface area contributed by atoms with Gasteiger partial charge in [-0.2, -0.15) is 0 Å². The van der Waals surface area contributed by atoms with E-state index >= 15 is 0 Å². The molecule has 0 amide bonds. The number of carboxylic acid groups (broad SMARTS) is 1. The number of hydrogen-bond donors (Lipinski definition) is 1. The number of aryl methyl sites for hydroxylation is 3. The van der Waals surface area contributed by atoms with Crippen LogP contribution in [0.5, 0.6) is 0 Å². The predicted octanol–water partition coefficient (Wildman–Crippen LogP) is 0.903. The summed E-state index contributed by atoms with van der Waals surface area (Å²) < 4.78 is 5.92. The van der Waals surface area contributed by atoms with Gasteiger partial charge in [-0.3, -0.25) is 4.79 Å². The molecule has 0 radical (unpaired) electrons. The Labute approximate surface area is 108 Å². The first-order chi connectivity index (χ1) is 8.91. The van der Waals surface area contributed by atoms with Gasteiger partial charge >= 0.3 is 5.97 Å². The molecule has 0 atom stereocenters. The van der Waals surface area contributed by atoms with Gasteiger partial charge < -0.3 is 9.67 Å². The monoisotopic (exact) mass is 263 g/mol. The zero-order valence-electron chi connectivity index (χ0n) is 10.8. The van der Waals surface area contributed by atoms with Crippen LogP contribution >= 0.6 is 0 Å². The highest BCUT2D eigenvalue weighted by Gasteiger charge is 2.18. The summed E-state index contributed by atoms with van der Waals surface area (Å²) in [6.07, 6.45) is 0. The average molecular weight is 263 g/mol. The minimum atomic E-state index is -1.23. The van der Waals surface area contributed by atoms with E-state index in [4.69, 9.17) is 5.11 Å². The average Bonchev–Trinajstić information content (AvgIpc) is 2.69. The van der Waals surface area contributed by atoms with Gasteiger partial charge in [-0.15, -0.1) is 0 Å². The Morgan fingerprint density at radius 3 is 2.58 bits per heavy atom. The summed E-state index contributed by atoms with van der Waals surface area (Å²) in [5, 5.41) is 16.4. The van der Waals surface area contributed by atoms with Gasteiger partial charge in [0.2, 0.25) is 0 Å². The topological polar surface area (TPSA) is 98.2 Å². The molecule has 2 heterocycles. The summed E-state index contributed by atoms with van der Waals surface area (Å²) in [6, 6.07) is 1.66. The molecule has 0 aliphatic rings. The van der Waals surface area contributed by atoms with Crippen molar-refractivity contribution in [1.29, 1.82) is 0 Å². The normalized spacial score (nSPS) is 10.7. The lowest BCUT2D eigenvalue weighted by Gasteiger charge is -2.11. The summed E-state index contributed by atoms with van der Waals surface area (Å²) in [7, 11) is 0. The zero-order valence-corrected chi connectivity index (χ0v) is 10.8. The molecule has 0 saturated carbocycles. The third kappa shape index (κ3) is 2.26. The number of aromatic carboxylic acids is 1. The Kier molecular flexibility index (Phi) is 3.20. The van der Waals surface area contributed by atoms with Crippen molar-refractivity contribution >= 4 is 5.97 Å². The molecular formula is C12H13N3O4. The summed E-state index contributed by atoms with van der Waals surface area (Å²) in [4.78, 5) is 23.3. The van der Waals surface area contributed by atoms with Gasteiger partial charge in [0.1, 0.15) is 17.0 Å². The largest absolute Gasteiger partial charge is 0.477 e. The Balaban J connectivity index is 2.58. The quantitative estimate of drug-likeness (QED) is 0.883. The third-order valence-electron chi connectivity index (χ3n) is 2.97. The van der Waals surface area contributed by atoms with Crippen molar-refractivity contribution in [2.24, 2.45) is 0 Å². The Bertz CT molecular complexity index is 699. The van der Waals surface area contributed by atoms with Crippen molar-refractivity contribution < 1.29 is 14.5 Å². The van der Waals surface area contributed by atoms with E-state index in [9.17, 15) is 9.59 Å². The molecule has 2 aromatic heterocycles. The van der Waals surface area contributed by atoms with Crippen molar-refractivity contribution in [3.05, 3.63) is 44.6 Å². The van der Waals surface area contributed by atoms with Crippen molar-refractivity contribution in [3.63, 3.8) is 0 Å². The highest BCUT2D eigenvalue weighted by Crippen LogP contribution is 2.09. The summed E-state index contributed by atoms with van der Waals surface area (Å²) >= 11 is 0. The standard InChI is InChI=1S/C12H13N3O4/c1-6-4-7(2)15(11(16)10(6)12(17)18)5-9-8(3)13-19-14-9/h4H,5H2,1-3H3,(H,17,18). The van der Waals surface area contributed by atoms with Crippen LogP contribution in [-0.2, 0) is 6.54 Å². The van der Waals surface area contributed by atoms with Gasteiger partial charge in [-0.05, 0) is 32.4 Å². The second kappa shape index (κ2) is 4.68. The number of hydrogen-bond acceptors (Lipinski definition) is 5. The second-order valence-electron chi connectivity index (χ2n) is 4.34. The summed E-state index contributed by atoms with van der Waals surface area (Å²) in [5.74, 6) is -1.23. The number of nitrogens with zero attached hydrogens (tertiary/aromatic N) is 3. The maximum atomic E-state index is 12.2. The Hall–Kier alpha value is -2.44. The summed E-state index contributed by atoms with van der Waals surface area (Å²) in [6.45, 7) is 5.19. The molecule has 19 heavy (non-hydrogen) atoms. The molecule has 0 fully saturated rings. The number of rotatable bonds is 3. The molecule has 0 aliphatic carbocycles. The number of pyridine rings is 1. The molecule has 1 N–H and O–H groups in total. The summed E-state index contributed by atoms with van der Waals surface area (Å²) in [5.41, 5.74) is 1.41. The smallest absolute Gasteiger partial charge is 0.341 e. The fraction of sp³-hybridized carbons (Fsp3) is 0.333. The van der Waals surface area contributed by atoms with E-state index in [0.29, 0.717) is 22.6 Å². The van der Waals surface area contributed by atoms with Crippen molar-refractivity contribution in [2.75, 3.05) is 0 Å². The van der Waals surface area contributed by atoms with E-state index in [1.54, 1.807) is 26.8 Å². The minimum absolute atomic E-state index is 0.139. The van der Waals surface area contributed by atoms with E-state index in [-0.39, 0.29) is 12.1 Å². The van der Waals surface area contributed by atoms with Crippen LogP contribution in [0, 0.1) is 20.8 Å². The molecule has 7 nitrogen and oxygen atoms in total. The van der Waals surface area contributed by atoms with Crippen LogP contribution in [0.1, 0.15) is 33.0 Å². The van der Waals surface area contributed by atoms with Crippen LogP contribution in [0.3, 0.4) is 0 Å². The molecule has 0 bridgehead atoms. The van der Waals surface area contributed by atoms with Crippen molar-refractivity contribution in [1.82, 2.24) is 14.9 Å². The van der Waals surface area contributed by atoms with Gasteiger partial charge in [0.05, 0.1) is 6.54 Å². The minimum Gasteiger partial charge on any atom is -0.477 e. The first kappa shape index (κ1) is 13.0. The SMILES string of the molecule is Cc1cc(C)n(Cc2nonc2C)c(=O)c1C(=O)O. The number of aromatic nitrogens is 3. The van der Waals surface area contributed by atoms with Gasteiger partial charge in [0.15, 0.2) is 0 Å². The maximum absolute atomic E-state index is 12.2. The first-order valence-corrected chi connectivity index (χ1v) is 5.64. The third-order valence-corrected chi connectivity index (χ3v) is 2.97. The second-order valence-corrected chi connectivity index (χ2v) is 4.34. The lowest BCUT2D eigenvalue weighted by molar-refractivity contribution is 0.0693. The molecule has 0 saturated heterocycles. The van der Waals surface area contributed by atoms with E-state index < -0.39 is 11.5 Å². The van der Waals surface area contributed by atoms with Crippen molar-refractivity contribution in [3.8, 4) is 0 Å². The molecule has 7 heteroatoms. The highest BCUT2D eigenvalue weighted by atomic mass is 16.6. The molecule has 0 aromatic carbocycles. The molecule has 0 aliphatic heterocycles. The molecule has 0 spiro atoms. The highest BCUT2D eigenvalue weighted by molar-refractivity contribution is 5.88. The maximum Gasteiger partial charge on any atom is 0.341 e. The van der Waals surface area contributed by atoms with Gasteiger partial charge in [-0.25, -0.2) is 9.42 Å². The van der Waals surface area contributed by atoms with Gasteiger partial charge in [0, 0.05) is 5.69 Å². The fourth-order valence-electron chi connectivity index (χ4n) is 1.93. The zero-order chi connectivity index (χ0) is 14.2. The van der Waals surface area contributed by atoms with Crippen LogP contribution in [-0.4, -0.2) is 26.0 Å². The molecule has 2 aromatic rings.